The lowest BCUT2D eigenvalue weighted by Gasteiger charge is -2.34. The Morgan fingerprint density at radius 3 is 3.05 bits per heavy atom. The van der Waals surface area contributed by atoms with Gasteiger partial charge in [-0.25, -0.2) is 0 Å². The number of rotatable bonds is 5. The normalized spacial score (nSPS) is 19.2. The number of nitrogens with zero attached hydrogens (tertiary/aromatic N) is 1. The second-order valence-corrected chi connectivity index (χ2v) is 4.44. The van der Waals surface area contributed by atoms with E-state index in [2.05, 4.69) is 4.90 Å². The van der Waals surface area contributed by atoms with Crippen LogP contribution in [-0.4, -0.2) is 43.5 Å². The van der Waals surface area contributed by atoms with Gasteiger partial charge in [0.05, 0.1) is 31.4 Å². The minimum Gasteiger partial charge on any atom is -0.492 e. The smallest absolute Gasteiger partial charge is 0.306 e. The molecule has 5 nitrogen and oxygen atoms in total. The van der Waals surface area contributed by atoms with Crippen molar-refractivity contribution in [2.75, 3.05) is 31.2 Å². The van der Waals surface area contributed by atoms with Crippen LogP contribution in [0, 0.1) is 0 Å². The Kier molecular flexibility index (Phi) is 4.63. The molecule has 1 N–H and O–H groups in total. The third kappa shape index (κ3) is 3.61. The number of ether oxygens (including phenoxy) is 2. The molecule has 5 heteroatoms. The summed E-state index contributed by atoms with van der Waals surface area (Å²) in [5, 5.41) is 8.84. The van der Waals surface area contributed by atoms with Crippen molar-refractivity contribution in [3.63, 3.8) is 0 Å². The molecule has 1 aromatic carbocycles. The van der Waals surface area contributed by atoms with Crippen LogP contribution in [0.15, 0.2) is 24.3 Å². The van der Waals surface area contributed by atoms with Crippen molar-refractivity contribution in [2.24, 2.45) is 0 Å². The predicted octanol–water partition coefficient (Wildman–Crippen LogP) is 1.77. The lowest BCUT2D eigenvalue weighted by Crippen LogP contribution is -2.43. The minimum atomic E-state index is -0.829. The molecule has 2 rings (SSSR count). The number of para-hydroxylation sites is 2. The van der Waals surface area contributed by atoms with Crippen LogP contribution in [0.5, 0.6) is 5.75 Å². The molecule has 1 atom stereocenters. The Balaban J connectivity index is 2.10. The van der Waals surface area contributed by atoms with Gasteiger partial charge in [0, 0.05) is 13.1 Å². The first-order valence-corrected chi connectivity index (χ1v) is 6.51. The minimum absolute atomic E-state index is 0.0350. The van der Waals surface area contributed by atoms with Gasteiger partial charge in [0.2, 0.25) is 0 Å². The van der Waals surface area contributed by atoms with E-state index in [-0.39, 0.29) is 12.5 Å². The zero-order valence-electron chi connectivity index (χ0n) is 11.0. The SMILES string of the molecule is CCOc1ccccc1N1CCOC(CC(=O)O)C1. The van der Waals surface area contributed by atoms with E-state index in [4.69, 9.17) is 14.6 Å². The molecule has 1 unspecified atom stereocenters. The fourth-order valence-electron chi connectivity index (χ4n) is 2.25. The summed E-state index contributed by atoms with van der Waals surface area (Å²) in [7, 11) is 0. The van der Waals surface area contributed by atoms with Gasteiger partial charge in [-0.1, -0.05) is 12.1 Å². The lowest BCUT2D eigenvalue weighted by atomic mass is 10.1. The third-order valence-electron chi connectivity index (χ3n) is 3.05. The first-order chi connectivity index (χ1) is 9.20. The standard InChI is InChI=1S/C14H19NO4/c1-2-18-13-6-4-3-5-12(13)15-7-8-19-11(10-15)9-14(16)17/h3-6,11H,2,7-10H2,1H3,(H,16,17). The summed E-state index contributed by atoms with van der Waals surface area (Å²) in [4.78, 5) is 12.9. The highest BCUT2D eigenvalue weighted by atomic mass is 16.5. The number of carboxylic acid groups (broad SMARTS) is 1. The largest absolute Gasteiger partial charge is 0.492 e. The van der Waals surface area contributed by atoms with Crippen molar-refractivity contribution in [3.8, 4) is 5.75 Å². The molecule has 1 fully saturated rings. The molecule has 0 saturated carbocycles. The lowest BCUT2D eigenvalue weighted by molar-refractivity contribution is -0.140. The Morgan fingerprint density at radius 1 is 1.53 bits per heavy atom. The molecule has 0 aliphatic carbocycles. The summed E-state index contributed by atoms with van der Waals surface area (Å²) in [6.07, 6.45) is -0.228. The topological polar surface area (TPSA) is 59.0 Å². The maximum Gasteiger partial charge on any atom is 0.306 e. The van der Waals surface area contributed by atoms with Crippen LogP contribution in [0.2, 0.25) is 0 Å². The van der Waals surface area contributed by atoms with Crippen molar-refractivity contribution < 1.29 is 19.4 Å². The second kappa shape index (κ2) is 6.43. The Hall–Kier alpha value is -1.75. The molecule has 104 valence electrons. The van der Waals surface area contributed by atoms with Crippen LogP contribution in [0.25, 0.3) is 0 Å². The molecular weight excluding hydrogens is 246 g/mol. The summed E-state index contributed by atoms with van der Waals surface area (Å²) in [5.74, 6) is 0.00548. The van der Waals surface area contributed by atoms with E-state index in [0.29, 0.717) is 19.8 Å². The van der Waals surface area contributed by atoms with Gasteiger partial charge in [-0.05, 0) is 19.1 Å². The molecule has 0 aromatic heterocycles. The molecule has 1 aliphatic heterocycles. The molecule has 0 spiro atoms. The van der Waals surface area contributed by atoms with E-state index in [9.17, 15) is 4.79 Å². The first-order valence-electron chi connectivity index (χ1n) is 6.51. The Morgan fingerprint density at radius 2 is 2.32 bits per heavy atom. The Labute approximate surface area is 112 Å². The maximum atomic E-state index is 10.8. The molecule has 1 heterocycles. The Bertz CT molecular complexity index is 435. The van der Waals surface area contributed by atoms with E-state index in [1.54, 1.807) is 0 Å². The number of benzene rings is 1. The van der Waals surface area contributed by atoms with Crippen molar-refractivity contribution in [2.45, 2.75) is 19.4 Å². The highest BCUT2D eigenvalue weighted by Crippen LogP contribution is 2.29. The van der Waals surface area contributed by atoms with Gasteiger partial charge in [0.25, 0.3) is 0 Å². The number of aliphatic carboxylic acids is 1. The van der Waals surface area contributed by atoms with Crippen molar-refractivity contribution in [3.05, 3.63) is 24.3 Å². The van der Waals surface area contributed by atoms with E-state index < -0.39 is 5.97 Å². The highest BCUT2D eigenvalue weighted by Gasteiger charge is 2.24. The van der Waals surface area contributed by atoms with E-state index >= 15 is 0 Å². The number of carboxylic acids is 1. The zero-order chi connectivity index (χ0) is 13.7. The molecule has 0 amide bonds. The van der Waals surface area contributed by atoms with Gasteiger partial charge in [-0.3, -0.25) is 4.79 Å². The molecular formula is C14H19NO4. The van der Waals surface area contributed by atoms with Gasteiger partial charge in [-0.2, -0.15) is 0 Å². The van der Waals surface area contributed by atoms with E-state index in [1.165, 1.54) is 0 Å². The van der Waals surface area contributed by atoms with Gasteiger partial charge in [0.1, 0.15) is 5.75 Å². The van der Waals surface area contributed by atoms with Gasteiger partial charge < -0.3 is 19.5 Å². The average molecular weight is 265 g/mol. The van der Waals surface area contributed by atoms with Crippen LogP contribution in [-0.2, 0) is 9.53 Å². The second-order valence-electron chi connectivity index (χ2n) is 4.44. The summed E-state index contributed by atoms with van der Waals surface area (Å²) >= 11 is 0. The van der Waals surface area contributed by atoms with E-state index in [0.717, 1.165) is 18.0 Å². The quantitative estimate of drug-likeness (QED) is 0.879. The predicted molar refractivity (Wildman–Crippen MR) is 71.8 cm³/mol. The van der Waals surface area contributed by atoms with Crippen LogP contribution in [0.3, 0.4) is 0 Å². The number of hydrogen-bond acceptors (Lipinski definition) is 4. The number of anilines is 1. The number of carbonyl (C=O) groups is 1. The molecule has 19 heavy (non-hydrogen) atoms. The highest BCUT2D eigenvalue weighted by molar-refractivity contribution is 5.67. The molecule has 0 radical (unpaired) electrons. The fraction of sp³-hybridized carbons (Fsp3) is 0.500. The zero-order valence-corrected chi connectivity index (χ0v) is 11.0. The third-order valence-corrected chi connectivity index (χ3v) is 3.05. The van der Waals surface area contributed by atoms with Crippen molar-refractivity contribution >= 4 is 11.7 Å². The van der Waals surface area contributed by atoms with Crippen LogP contribution >= 0.6 is 0 Å². The summed E-state index contributed by atoms with van der Waals surface area (Å²) in [6.45, 7) is 4.43. The van der Waals surface area contributed by atoms with Crippen LogP contribution in [0.1, 0.15) is 13.3 Å². The number of hydrogen-bond donors (Lipinski definition) is 1. The summed E-state index contributed by atoms with van der Waals surface area (Å²) < 4.78 is 11.1. The van der Waals surface area contributed by atoms with Gasteiger partial charge >= 0.3 is 5.97 Å². The summed E-state index contributed by atoms with van der Waals surface area (Å²) in [5.41, 5.74) is 1.00. The van der Waals surface area contributed by atoms with Crippen molar-refractivity contribution in [1.82, 2.24) is 0 Å². The van der Waals surface area contributed by atoms with Crippen LogP contribution < -0.4 is 9.64 Å². The molecule has 1 saturated heterocycles. The van der Waals surface area contributed by atoms with E-state index in [1.807, 2.05) is 31.2 Å². The average Bonchev–Trinajstić information content (AvgIpc) is 2.39. The van der Waals surface area contributed by atoms with Gasteiger partial charge in [0.15, 0.2) is 0 Å². The molecule has 1 aliphatic rings. The number of morpholine rings is 1. The summed E-state index contributed by atoms with van der Waals surface area (Å²) in [6, 6.07) is 7.82. The van der Waals surface area contributed by atoms with Crippen molar-refractivity contribution in [1.29, 1.82) is 0 Å². The molecule has 1 aromatic rings. The van der Waals surface area contributed by atoms with Gasteiger partial charge in [-0.15, -0.1) is 0 Å². The fourth-order valence-corrected chi connectivity index (χ4v) is 2.25. The first kappa shape index (κ1) is 13.7. The monoisotopic (exact) mass is 265 g/mol. The maximum absolute atomic E-state index is 10.8. The molecule has 0 bridgehead atoms. The van der Waals surface area contributed by atoms with Crippen LogP contribution in [0.4, 0.5) is 5.69 Å².